The van der Waals surface area contributed by atoms with Crippen molar-refractivity contribution < 1.29 is 28.7 Å². The van der Waals surface area contributed by atoms with Crippen LogP contribution in [0, 0.1) is 0 Å². The van der Waals surface area contributed by atoms with Crippen LogP contribution in [0.15, 0.2) is 97.1 Å². The number of rotatable bonds is 10. The number of nitrogens with one attached hydrogen (secondary N) is 1. The molecule has 0 radical (unpaired) electrons. The fraction of sp³-hybridized carbons (Fsp3) is 0.333. The van der Waals surface area contributed by atoms with E-state index in [-0.39, 0.29) is 19.1 Å². The summed E-state index contributed by atoms with van der Waals surface area (Å²) in [6.07, 6.45) is 2.70. The zero-order chi connectivity index (χ0) is 32.1. The largest absolute Gasteiger partial charge is 0.460 e. The zero-order valence-electron chi connectivity index (χ0n) is 26.0. The van der Waals surface area contributed by atoms with Gasteiger partial charge in [0.2, 0.25) is 11.8 Å². The van der Waals surface area contributed by atoms with E-state index in [4.69, 9.17) is 9.47 Å². The second kappa shape index (κ2) is 13.4. The van der Waals surface area contributed by atoms with E-state index in [9.17, 15) is 19.2 Å². The molecular weight excluding hydrogens is 570 g/mol. The molecule has 2 aliphatic heterocycles. The van der Waals surface area contributed by atoms with Gasteiger partial charge in [-0.25, -0.2) is 4.79 Å². The first-order valence-corrected chi connectivity index (χ1v) is 15.2. The molecule has 9 heteroatoms. The number of cyclic esters (lactones) is 1. The molecular formula is C36H39N3O6. The van der Waals surface area contributed by atoms with Crippen LogP contribution in [0.2, 0.25) is 0 Å². The summed E-state index contributed by atoms with van der Waals surface area (Å²) in [5.41, 5.74) is 1.80. The van der Waals surface area contributed by atoms with Crippen molar-refractivity contribution in [1.82, 2.24) is 15.1 Å². The molecule has 0 bridgehead atoms. The smallest absolute Gasteiger partial charge is 0.411 e. The predicted octanol–water partition coefficient (Wildman–Crippen LogP) is 5.45. The lowest BCUT2D eigenvalue weighted by atomic mass is 9.87. The van der Waals surface area contributed by atoms with E-state index in [0.29, 0.717) is 0 Å². The maximum atomic E-state index is 14.2. The minimum atomic E-state index is -1.19. The van der Waals surface area contributed by atoms with Gasteiger partial charge in [-0.1, -0.05) is 103 Å². The monoisotopic (exact) mass is 609 g/mol. The van der Waals surface area contributed by atoms with E-state index in [1.54, 1.807) is 20.8 Å². The third kappa shape index (κ3) is 7.25. The summed E-state index contributed by atoms with van der Waals surface area (Å²) in [6, 6.07) is 24.6. The van der Waals surface area contributed by atoms with Gasteiger partial charge in [-0.05, 0) is 44.4 Å². The first-order valence-electron chi connectivity index (χ1n) is 15.2. The van der Waals surface area contributed by atoms with E-state index in [0.717, 1.165) is 16.7 Å². The normalized spacial score (nSPS) is 21.2. The summed E-state index contributed by atoms with van der Waals surface area (Å²) in [4.78, 5) is 57.3. The third-order valence-corrected chi connectivity index (χ3v) is 7.91. The number of ether oxygens (including phenoxy) is 2. The number of carbonyl (C=O) groups is 4. The molecule has 3 aromatic rings. The number of benzene rings is 3. The van der Waals surface area contributed by atoms with Crippen LogP contribution in [-0.2, 0) is 23.9 Å². The Balaban J connectivity index is 1.50. The Hall–Kier alpha value is -4.92. The molecule has 0 aliphatic carbocycles. The summed E-state index contributed by atoms with van der Waals surface area (Å²) in [5, 5.41) is 2.99. The van der Waals surface area contributed by atoms with Crippen LogP contribution in [0.5, 0.6) is 0 Å². The lowest BCUT2D eigenvalue weighted by molar-refractivity contribution is -0.168. The van der Waals surface area contributed by atoms with Crippen molar-refractivity contribution in [3.63, 3.8) is 0 Å². The van der Waals surface area contributed by atoms with Crippen molar-refractivity contribution in [2.45, 2.75) is 69.9 Å². The lowest BCUT2D eigenvalue weighted by Crippen LogP contribution is -2.74. The second-order valence-electron chi connectivity index (χ2n) is 12.3. The number of amides is 3. The van der Waals surface area contributed by atoms with Gasteiger partial charge in [-0.15, -0.1) is 0 Å². The lowest BCUT2D eigenvalue weighted by Gasteiger charge is -2.52. The number of hydrogen-bond acceptors (Lipinski definition) is 6. The molecule has 45 heavy (non-hydrogen) atoms. The molecule has 2 saturated heterocycles. The fourth-order valence-corrected chi connectivity index (χ4v) is 5.80. The Morgan fingerprint density at radius 1 is 0.956 bits per heavy atom. The number of likely N-dealkylation sites (tertiary alicyclic amines) is 1. The number of hydrogen-bond donors (Lipinski definition) is 1. The minimum absolute atomic E-state index is 0.0954. The van der Waals surface area contributed by atoms with E-state index in [2.05, 4.69) is 5.32 Å². The second-order valence-corrected chi connectivity index (χ2v) is 12.3. The third-order valence-electron chi connectivity index (χ3n) is 7.91. The van der Waals surface area contributed by atoms with Crippen LogP contribution >= 0.6 is 0 Å². The van der Waals surface area contributed by atoms with Gasteiger partial charge in [-0.3, -0.25) is 19.3 Å². The Bertz CT molecular complexity index is 1540. The maximum absolute atomic E-state index is 14.2. The molecule has 2 aliphatic rings. The van der Waals surface area contributed by atoms with Gasteiger partial charge in [0.15, 0.2) is 0 Å². The summed E-state index contributed by atoms with van der Waals surface area (Å²) < 4.78 is 11.0. The van der Waals surface area contributed by atoms with Gasteiger partial charge < -0.3 is 19.7 Å². The molecule has 3 unspecified atom stereocenters. The molecule has 5 rings (SSSR count). The van der Waals surface area contributed by atoms with Crippen LogP contribution in [0.25, 0.3) is 6.08 Å². The fourth-order valence-electron chi connectivity index (χ4n) is 5.80. The van der Waals surface area contributed by atoms with Crippen molar-refractivity contribution in [1.29, 1.82) is 0 Å². The van der Waals surface area contributed by atoms with Crippen molar-refractivity contribution in [3.8, 4) is 0 Å². The summed E-state index contributed by atoms with van der Waals surface area (Å²) >= 11 is 0. The van der Waals surface area contributed by atoms with Gasteiger partial charge >= 0.3 is 12.1 Å². The van der Waals surface area contributed by atoms with Crippen LogP contribution in [-0.4, -0.2) is 64.0 Å². The maximum Gasteiger partial charge on any atom is 0.411 e. The van der Waals surface area contributed by atoms with Gasteiger partial charge in [0.1, 0.15) is 24.3 Å². The highest BCUT2D eigenvalue weighted by atomic mass is 16.6. The predicted molar refractivity (Wildman–Crippen MR) is 170 cm³/mol. The Morgan fingerprint density at radius 2 is 1.56 bits per heavy atom. The van der Waals surface area contributed by atoms with Gasteiger partial charge in [0, 0.05) is 0 Å². The number of nitrogens with zero attached hydrogens (tertiary/aromatic N) is 2. The zero-order valence-corrected chi connectivity index (χ0v) is 26.0. The van der Waals surface area contributed by atoms with Crippen molar-refractivity contribution in [2.24, 2.45) is 0 Å². The van der Waals surface area contributed by atoms with E-state index in [1.165, 1.54) is 9.80 Å². The number of carbonyl (C=O) groups excluding carboxylic acids is 4. The van der Waals surface area contributed by atoms with Gasteiger partial charge in [0.05, 0.1) is 24.5 Å². The quantitative estimate of drug-likeness (QED) is 0.242. The number of esters is 1. The highest BCUT2D eigenvalue weighted by Gasteiger charge is 2.58. The summed E-state index contributed by atoms with van der Waals surface area (Å²) in [6.45, 7) is 7.18. The van der Waals surface area contributed by atoms with Crippen molar-refractivity contribution in [2.75, 3.05) is 6.61 Å². The van der Waals surface area contributed by atoms with Crippen LogP contribution in [0.4, 0.5) is 4.79 Å². The molecule has 9 nitrogen and oxygen atoms in total. The van der Waals surface area contributed by atoms with Crippen LogP contribution < -0.4 is 5.32 Å². The van der Waals surface area contributed by atoms with E-state index >= 15 is 0 Å². The average molecular weight is 610 g/mol. The Labute approximate surface area is 263 Å². The molecule has 1 N–H and O–H groups in total. The first kappa shape index (κ1) is 31.5. The van der Waals surface area contributed by atoms with Crippen molar-refractivity contribution >= 4 is 30.0 Å². The summed E-state index contributed by atoms with van der Waals surface area (Å²) in [5.74, 6) is -1.56. The topological polar surface area (TPSA) is 105 Å². The molecule has 234 valence electrons. The molecule has 0 saturated carbocycles. The van der Waals surface area contributed by atoms with E-state index < -0.39 is 53.6 Å². The van der Waals surface area contributed by atoms with E-state index in [1.807, 2.05) is 110 Å². The Kier molecular flexibility index (Phi) is 9.37. The summed E-state index contributed by atoms with van der Waals surface area (Å²) in [7, 11) is 0. The highest BCUT2D eigenvalue weighted by Crippen LogP contribution is 2.39. The number of β-lactam (4-membered cyclic amide) rings is 1. The molecule has 2 fully saturated rings. The van der Waals surface area contributed by atoms with Crippen LogP contribution in [0.1, 0.15) is 62.9 Å². The molecule has 0 aromatic heterocycles. The van der Waals surface area contributed by atoms with Gasteiger partial charge in [0.25, 0.3) is 0 Å². The highest BCUT2D eigenvalue weighted by molar-refractivity contribution is 5.99. The Morgan fingerprint density at radius 3 is 2.18 bits per heavy atom. The van der Waals surface area contributed by atoms with Crippen LogP contribution in [0.3, 0.4) is 0 Å². The molecule has 3 amide bonds. The molecule has 0 spiro atoms. The molecule has 3 aromatic carbocycles. The van der Waals surface area contributed by atoms with Gasteiger partial charge in [-0.2, -0.15) is 0 Å². The molecule has 2 heterocycles. The molecule has 5 atom stereocenters. The van der Waals surface area contributed by atoms with Crippen molar-refractivity contribution in [3.05, 3.63) is 114 Å². The SMILES string of the molecule is C[C@@H](NC(=O)C(CC(=O)OC(C)(C)C)N1C(=O)C(N2C(=O)OC[C@@H]2c2ccccc2)C1C=Cc1ccccc1)c1ccccc1. The standard InChI is InChI=1S/C36H39N3O6/c1-24(26-16-10-6-11-17-26)37-33(41)29(22-31(40)45-36(2,3)4)38-28(21-20-25-14-8-5-9-15-25)32(34(38)42)39-30(23-44-35(39)43)27-18-12-7-13-19-27/h5-21,24,28-30,32H,22-23H2,1-4H3,(H,37,41)/t24-,28?,29?,30-,32?/m1/s1. The minimum Gasteiger partial charge on any atom is -0.460 e. The average Bonchev–Trinajstić information content (AvgIpc) is 3.39. The first-order chi connectivity index (χ1) is 21.5.